The highest BCUT2D eigenvalue weighted by Crippen LogP contribution is 2.34. The summed E-state index contributed by atoms with van der Waals surface area (Å²) in [4.78, 5) is 0. The van der Waals surface area contributed by atoms with Crippen molar-refractivity contribution in [3.63, 3.8) is 0 Å². The average molecular weight is 245 g/mol. The number of hydrogen-bond acceptors (Lipinski definition) is 3. The van der Waals surface area contributed by atoms with Crippen LogP contribution in [0.2, 0.25) is 0 Å². The number of methoxy groups -OCH3 is 2. The lowest BCUT2D eigenvalue weighted by atomic mass is 10.1. The van der Waals surface area contributed by atoms with Crippen molar-refractivity contribution in [2.24, 2.45) is 0 Å². The van der Waals surface area contributed by atoms with E-state index in [1.807, 2.05) is 6.07 Å². The van der Waals surface area contributed by atoms with Gasteiger partial charge in [0.2, 0.25) is 0 Å². The SMILES string of the molecule is COc1cc(CCCCCl)c(OC)cc1O. The number of unbranched alkanes of at least 4 members (excludes halogenated alkanes) is 1. The molecule has 0 heterocycles. The van der Waals surface area contributed by atoms with Crippen molar-refractivity contribution in [1.82, 2.24) is 0 Å². The van der Waals surface area contributed by atoms with E-state index >= 15 is 0 Å². The first kappa shape index (κ1) is 13.0. The molecule has 0 fully saturated rings. The second-order valence-electron chi connectivity index (χ2n) is 3.48. The number of phenols is 1. The van der Waals surface area contributed by atoms with Crippen LogP contribution in [0.25, 0.3) is 0 Å². The van der Waals surface area contributed by atoms with Gasteiger partial charge in [-0.15, -0.1) is 11.6 Å². The molecule has 0 aromatic heterocycles. The van der Waals surface area contributed by atoms with Crippen molar-refractivity contribution < 1.29 is 14.6 Å². The molecule has 1 N–H and O–H groups in total. The van der Waals surface area contributed by atoms with Crippen LogP contribution in [0.5, 0.6) is 17.2 Å². The largest absolute Gasteiger partial charge is 0.504 e. The van der Waals surface area contributed by atoms with Crippen molar-refractivity contribution in [3.8, 4) is 17.2 Å². The lowest BCUT2D eigenvalue weighted by molar-refractivity contribution is 0.363. The Hall–Kier alpha value is -1.09. The van der Waals surface area contributed by atoms with Gasteiger partial charge in [0.15, 0.2) is 11.5 Å². The van der Waals surface area contributed by atoms with Gasteiger partial charge < -0.3 is 14.6 Å². The normalized spacial score (nSPS) is 10.2. The second-order valence-corrected chi connectivity index (χ2v) is 3.86. The van der Waals surface area contributed by atoms with Gasteiger partial charge in [-0.1, -0.05) is 0 Å². The van der Waals surface area contributed by atoms with Gasteiger partial charge in [-0.3, -0.25) is 0 Å². The number of ether oxygens (including phenoxy) is 2. The van der Waals surface area contributed by atoms with Crippen molar-refractivity contribution in [2.45, 2.75) is 19.3 Å². The van der Waals surface area contributed by atoms with Crippen LogP contribution in [0.15, 0.2) is 12.1 Å². The number of alkyl halides is 1. The lowest BCUT2D eigenvalue weighted by Gasteiger charge is -2.11. The van der Waals surface area contributed by atoms with Crippen LogP contribution in [0.4, 0.5) is 0 Å². The molecule has 0 atom stereocenters. The van der Waals surface area contributed by atoms with E-state index in [0.717, 1.165) is 24.8 Å². The van der Waals surface area contributed by atoms with Gasteiger partial charge >= 0.3 is 0 Å². The molecule has 16 heavy (non-hydrogen) atoms. The van der Waals surface area contributed by atoms with E-state index in [-0.39, 0.29) is 5.75 Å². The molecule has 0 spiro atoms. The summed E-state index contributed by atoms with van der Waals surface area (Å²) < 4.78 is 10.3. The van der Waals surface area contributed by atoms with E-state index in [4.69, 9.17) is 21.1 Å². The number of rotatable bonds is 6. The molecule has 0 saturated carbocycles. The maximum Gasteiger partial charge on any atom is 0.161 e. The topological polar surface area (TPSA) is 38.7 Å². The standard InChI is InChI=1S/C12H17ClO3/c1-15-11-8-10(14)12(16-2)7-9(11)5-3-4-6-13/h7-8,14H,3-6H2,1-2H3. The lowest BCUT2D eigenvalue weighted by Crippen LogP contribution is -1.95. The monoisotopic (exact) mass is 244 g/mol. The molecule has 1 aromatic rings. The number of aromatic hydroxyl groups is 1. The summed E-state index contributed by atoms with van der Waals surface area (Å²) in [6.07, 6.45) is 2.83. The third-order valence-electron chi connectivity index (χ3n) is 2.41. The quantitative estimate of drug-likeness (QED) is 0.618. The minimum Gasteiger partial charge on any atom is -0.504 e. The molecule has 3 nitrogen and oxygen atoms in total. The van der Waals surface area contributed by atoms with E-state index < -0.39 is 0 Å². The molecule has 0 unspecified atom stereocenters. The molecule has 4 heteroatoms. The maximum atomic E-state index is 9.59. The van der Waals surface area contributed by atoms with E-state index in [1.165, 1.54) is 7.11 Å². The Labute approximate surface area is 101 Å². The summed E-state index contributed by atoms with van der Waals surface area (Å²) in [5.41, 5.74) is 1.03. The Morgan fingerprint density at radius 3 is 2.38 bits per heavy atom. The van der Waals surface area contributed by atoms with Gasteiger partial charge in [-0.25, -0.2) is 0 Å². The van der Waals surface area contributed by atoms with Crippen LogP contribution in [-0.4, -0.2) is 25.2 Å². The van der Waals surface area contributed by atoms with E-state index in [2.05, 4.69) is 0 Å². The zero-order chi connectivity index (χ0) is 12.0. The summed E-state index contributed by atoms with van der Waals surface area (Å²) in [5.74, 6) is 1.92. The highest BCUT2D eigenvalue weighted by molar-refractivity contribution is 6.17. The molecule has 90 valence electrons. The molecule has 1 aromatic carbocycles. The number of hydrogen-bond donors (Lipinski definition) is 1. The zero-order valence-electron chi connectivity index (χ0n) is 9.62. The summed E-state index contributed by atoms with van der Waals surface area (Å²) in [6, 6.07) is 3.39. The number of halogens is 1. The Morgan fingerprint density at radius 1 is 1.12 bits per heavy atom. The third-order valence-corrected chi connectivity index (χ3v) is 2.68. The Kier molecular flexibility index (Phi) is 5.26. The smallest absolute Gasteiger partial charge is 0.161 e. The molecule has 0 bridgehead atoms. The summed E-state index contributed by atoms with van der Waals surface area (Å²) >= 11 is 5.63. The van der Waals surface area contributed by atoms with Gasteiger partial charge in [-0.2, -0.15) is 0 Å². The minimum atomic E-state index is 0.0976. The van der Waals surface area contributed by atoms with Crippen LogP contribution >= 0.6 is 11.6 Å². The second kappa shape index (κ2) is 6.48. The molecular weight excluding hydrogens is 228 g/mol. The van der Waals surface area contributed by atoms with Crippen LogP contribution in [0, 0.1) is 0 Å². The van der Waals surface area contributed by atoms with Gasteiger partial charge in [0.05, 0.1) is 14.2 Å². The van der Waals surface area contributed by atoms with Gasteiger partial charge in [0, 0.05) is 11.9 Å². The molecule has 0 saturated heterocycles. The molecule has 0 aliphatic carbocycles. The molecule has 0 aliphatic heterocycles. The highest BCUT2D eigenvalue weighted by Gasteiger charge is 2.09. The van der Waals surface area contributed by atoms with E-state index in [1.54, 1.807) is 13.2 Å². The van der Waals surface area contributed by atoms with Crippen molar-refractivity contribution in [2.75, 3.05) is 20.1 Å². The molecule has 0 aliphatic rings. The van der Waals surface area contributed by atoms with Crippen molar-refractivity contribution in [1.29, 1.82) is 0 Å². The Morgan fingerprint density at radius 2 is 1.81 bits per heavy atom. The van der Waals surface area contributed by atoms with Crippen LogP contribution in [0.1, 0.15) is 18.4 Å². The van der Waals surface area contributed by atoms with E-state index in [9.17, 15) is 5.11 Å². The Balaban J connectivity index is 2.86. The maximum absolute atomic E-state index is 9.59. The van der Waals surface area contributed by atoms with Gasteiger partial charge in [0.25, 0.3) is 0 Å². The van der Waals surface area contributed by atoms with Crippen molar-refractivity contribution in [3.05, 3.63) is 17.7 Å². The molecule has 0 radical (unpaired) electrons. The number of phenolic OH excluding ortho intramolecular Hbond substituents is 1. The van der Waals surface area contributed by atoms with Gasteiger partial charge in [0.1, 0.15) is 5.75 Å². The summed E-state index contributed by atoms with van der Waals surface area (Å²) in [7, 11) is 3.12. The van der Waals surface area contributed by atoms with Gasteiger partial charge in [-0.05, 0) is 30.9 Å². The number of aryl methyl sites for hydroxylation is 1. The molecule has 0 amide bonds. The zero-order valence-corrected chi connectivity index (χ0v) is 10.4. The molecule has 1 rings (SSSR count). The summed E-state index contributed by atoms with van der Waals surface area (Å²) in [6.45, 7) is 0. The number of benzene rings is 1. The fourth-order valence-electron chi connectivity index (χ4n) is 1.55. The predicted octanol–water partition coefficient (Wildman–Crippen LogP) is 2.97. The molecular formula is C12H17ClO3. The summed E-state index contributed by atoms with van der Waals surface area (Å²) in [5, 5.41) is 9.59. The highest BCUT2D eigenvalue weighted by atomic mass is 35.5. The third kappa shape index (κ3) is 3.20. The average Bonchev–Trinajstić information content (AvgIpc) is 2.30. The fraction of sp³-hybridized carbons (Fsp3) is 0.500. The predicted molar refractivity (Wildman–Crippen MR) is 64.9 cm³/mol. The van der Waals surface area contributed by atoms with Crippen LogP contribution in [-0.2, 0) is 6.42 Å². The fourth-order valence-corrected chi connectivity index (χ4v) is 1.74. The van der Waals surface area contributed by atoms with Crippen molar-refractivity contribution >= 4 is 11.6 Å². The van der Waals surface area contributed by atoms with Crippen LogP contribution in [0.3, 0.4) is 0 Å². The minimum absolute atomic E-state index is 0.0976. The Bertz CT molecular complexity index is 339. The van der Waals surface area contributed by atoms with Crippen LogP contribution < -0.4 is 9.47 Å². The first-order valence-corrected chi connectivity index (χ1v) is 5.76. The first-order chi connectivity index (χ1) is 7.72. The van der Waals surface area contributed by atoms with E-state index in [0.29, 0.717) is 17.4 Å². The first-order valence-electron chi connectivity index (χ1n) is 5.22.